The first-order chi connectivity index (χ1) is 6.52. The third-order valence-corrected chi connectivity index (χ3v) is 1.43. The third-order valence-electron chi connectivity index (χ3n) is 1.43. The average molecular weight is 199 g/mol. The van der Waals surface area contributed by atoms with E-state index in [4.69, 9.17) is 5.11 Å². The second-order valence-electron chi connectivity index (χ2n) is 2.51. The molecule has 0 rings (SSSR count). The SMILES string of the molecule is C=C(/C=C(\C)C(=O)OC)C(=O)NCO. The summed E-state index contributed by atoms with van der Waals surface area (Å²) in [6, 6.07) is 0. The van der Waals surface area contributed by atoms with Gasteiger partial charge in [0.05, 0.1) is 7.11 Å². The van der Waals surface area contributed by atoms with E-state index in [-0.39, 0.29) is 11.1 Å². The number of nitrogens with one attached hydrogen (secondary N) is 1. The zero-order valence-electron chi connectivity index (χ0n) is 8.16. The van der Waals surface area contributed by atoms with Gasteiger partial charge in [0.15, 0.2) is 0 Å². The van der Waals surface area contributed by atoms with Crippen LogP contribution in [0.1, 0.15) is 6.92 Å². The molecule has 1 amide bonds. The molecular weight excluding hydrogens is 186 g/mol. The Balaban J connectivity index is 4.43. The Morgan fingerprint density at radius 2 is 2.14 bits per heavy atom. The van der Waals surface area contributed by atoms with Crippen molar-refractivity contribution < 1.29 is 19.4 Å². The van der Waals surface area contributed by atoms with Crippen LogP contribution in [0.25, 0.3) is 0 Å². The number of hydrogen-bond donors (Lipinski definition) is 2. The van der Waals surface area contributed by atoms with Crippen LogP contribution < -0.4 is 5.32 Å². The number of carbonyl (C=O) groups excluding carboxylic acids is 2. The summed E-state index contributed by atoms with van der Waals surface area (Å²) in [6.07, 6.45) is 1.29. The van der Waals surface area contributed by atoms with Crippen LogP contribution in [0.5, 0.6) is 0 Å². The monoisotopic (exact) mass is 199 g/mol. The standard InChI is InChI=1S/C9H13NO4/c1-6(8(12)10-5-11)4-7(2)9(13)14-3/h4,11H,1,5H2,2-3H3,(H,10,12)/b7-4+. The van der Waals surface area contributed by atoms with Gasteiger partial charge < -0.3 is 15.2 Å². The lowest BCUT2D eigenvalue weighted by atomic mass is 10.2. The fourth-order valence-corrected chi connectivity index (χ4v) is 0.732. The van der Waals surface area contributed by atoms with Crippen LogP contribution in [0.3, 0.4) is 0 Å². The zero-order valence-corrected chi connectivity index (χ0v) is 8.16. The smallest absolute Gasteiger partial charge is 0.333 e. The number of hydrogen-bond acceptors (Lipinski definition) is 4. The predicted octanol–water partition coefficient (Wildman–Crippen LogP) is -0.272. The van der Waals surface area contributed by atoms with E-state index < -0.39 is 18.6 Å². The molecule has 0 saturated heterocycles. The summed E-state index contributed by atoms with van der Waals surface area (Å²) in [5.74, 6) is -1.06. The van der Waals surface area contributed by atoms with Gasteiger partial charge in [0, 0.05) is 11.1 Å². The van der Waals surface area contributed by atoms with Gasteiger partial charge in [-0.25, -0.2) is 4.79 Å². The summed E-state index contributed by atoms with van der Waals surface area (Å²) < 4.78 is 4.42. The van der Waals surface area contributed by atoms with Crippen molar-refractivity contribution in [1.29, 1.82) is 0 Å². The Morgan fingerprint density at radius 1 is 1.57 bits per heavy atom. The molecular formula is C9H13NO4. The average Bonchev–Trinajstić information content (AvgIpc) is 2.16. The Hall–Kier alpha value is -1.62. The first kappa shape index (κ1) is 12.4. The van der Waals surface area contributed by atoms with Crippen molar-refractivity contribution in [3.8, 4) is 0 Å². The molecule has 14 heavy (non-hydrogen) atoms. The summed E-state index contributed by atoms with van der Waals surface area (Å²) >= 11 is 0. The molecule has 0 saturated carbocycles. The minimum atomic E-state index is -0.532. The fraction of sp³-hybridized carbons (Fsp3) is 0.333. The lowest BCUT2D eigenvalue weighted by Crippen LogP contribution is -2.24. The Kier molecular flexibility index (Phi) is 5.24. The molecule has 0 bridgehead atoms. The van der Waals surface area contributed by atoms with Crippen molar-refractivity contribution in [3.63, 3.8) is 0 Å². The number of aliphatic hydroxyl groups is 1. The highest BCUT2D eigenvalue weighted by molar-refractivity contribution is 5.98. The molecule has 0 heterocycles. The topological polar surface area (TPSA) is 75.6 Å². The van der Waals surface area contributed by atoms with Gasteiger partial charge in [0.2, 0.25) is 0 Å². The quantitative estimate of drug-likeness (QED) is 0.283. The second kappa shape index (κ2) is 5.93. The number of rotatable bonds is 4. The summed E-state index contributed by atoms with van der Waals surface area (Å²) in [5.41, 5.74) is 0.354. The molecule has 0 unspecified atom stereocenters. The van der Waals surface area contributed by atoms with E-state index in [9.17, 15) is 9.59 Å². The van der Waals surface area contributed by atoms with Gasteiger partial charge in [0.1, 0.15) is 6.73 Å². The maximum absolute atomic E-state index is 11.0. The van der Waals surface area contributed by atoms with Gasteiger partial charge in [-0.1, -0.05) is 6.58 Å². The summed E-state index contributed by atoms with van der Waals surface area (Å²) in [6.45, 7) is 4.46. The number of esters is 1. The molecule has 0 aliphatic heterocycles. The number of methoxy groups -OCH3 is 1. The highest BCUT2D eigenvalue weighted by Gasteiger charge is 2.07. The van der Waals surface area contributed by atoms with Crippen molar-refractivity contribution in [3.05, 3.63) is 23.8 Å². The van der Waals surface area contributed by atoms with Crippen molar-refractivity contribution >= 4 is 11.9 Å². The molecule has 5 nitrogen and oxygen atoms in total. The zero-order chi connectivity index (χ0) is 11.1. The summed E-state index contributed by atoms with van der Waals surface area (Å²) in [5, 5.41) is 10.5. The van der Waals surface area contributed by atoms with E-state index >= 15 is 0 Å². The van der Waals surface area contributed by atoms with Crippen molar-refractivity contribution in [1.82, 2.24) is 5.32 Å². The van der Waals surface area contributed by atoms with Crippen molar-refractivity contribution in [2.45, 2.75) is 6.92 Å². The number of ether oxygens (including phenoxy) is 1. The molecule has 0 atom stereocenters. The molecule has 78 valence electrons. The molecule has 0 aromatic heterocycles. The fourth-order valence-electron chi connectivity index (χ4n) is 0.732. The largest absolute Gasteiger partial charge is 0.466 e. The highest BCUT2D eigenvalue weighted by Crippen LogP contribution is 2.01. The van der Waals surface area contributed by atoms with Crippen LogP contribution in [0, 0.1) is 0 Å². The summed E-state index contributed by atoms with van der Waals surface area (Å²) in [4.78, 5) is 21.9. The molecule has 0 aromatic carbocycles. The van der Waals surface area contributed by atoms with E-state index in [0.717, 1.165) is 0 Å². The molecule has 0 aliphatic carbocycles. The maximum atomic E-state index is 11.0. The molecule has 0 radical (unpaired) electrons. The van der Waals surface area contributed by atoms with E-state index in [2.05, 4.69) is 16.6 Å². The number of amides is 1. The van der Waals surface area contributed by atoms with Crippen LogP contribution in [0.2, 0.25) is 0 Å². The third kappa shape index (κ3) is 3.86. The second-order valence-corrected chi connectivity index (χ2v) is 2.51. The van der Waals surface area contributed by atoms with Crippen molar-refractivity contribution in [2.24, 2.45) is 0 Å². The maximum Gasteiger partial charge on any atom is 0.333 e. The minimum absolute atomic E-state index is 0.0851. The molecule has 0 aliphatic rings. The Morgan fingerprint density at radius 3 is 2.57 bits per heavy atom. The van der Waals surface area contributed by atoms with E-state index in [1.807, 2.05) is 0 Å². The van der Waals surface area contributed by atoms with E-state index in [1.165, 1.54) is 20.1 Å². The highest BCUT2D eigenvalue weighted by atomic mass is 16.5. The first-order valence-electron chi connectivity index (χ1n) is 3.87. The Bertz CT molecular complexity index is 281. The molecule has 0 spiro atoms. The van der Waals surface area contributed by atoms with Gasteiger partial charge in [0.25, 0.3) is 5.91 Å². The molecule has 5 heteroatoms. The van der Waals surface area contributed by atoms with E-state index in [0.29, 0.717) is 0 Å². The van der Waals surface area contributed by atoms with Gasteiger partial charge in [-0.3, -0.25) is 4.79 Å². The summed E-state index contributed by atoms with van der Waals surface area (Å²) in [7, 11) is 1.25. The minimum Gasteiger partial charge on any atom is -0.466 e. The van der Waals surface area contributed by atoms with Gasteiger partial charge >= 0.3 is 5.97 Å². The lowest BCUT2D eigenvalue weighted by Gasteiger charge is -2.02. The van der Waals surface area contributed by atoms with Crippen LogP contribution in [-0.4, -0.2) is 30.8 Å². The van der Waals surface area contributed by atoms with Gasteiger partial charge in [-0.05, 0) is 13.0 Å². The van der Waals surface area contributed by atoms with Crippen molar-refractivity contribution in [2.75, 3.05) is 13.8 Å². The molecule has 0 aromatic rings. The molecule has 2 N–H and O–H groups in total. The van der Waals surface area contributed by atoms with E-state index in [1.54, 1.807) is 0 Å². The first-order valence-corrected chi connectivity index (χ1v) is 3.87. The van der Waals surface area contributed by atoms with Crippen LogP contribution in [-0.2, 0) is 14.3 Å². The Labute approximate surface area is 82.1 Å². The van der Waals surface area contributed by atoms with Crippen LogP contribution >= 0.6 is 0 Å². The lowest BCUT2D eigenvalue weighted by molar-refractivity contribution is -0.136. The van der Waals surface area contributed by atoms with Crippen LogP contribution in [0.4, 0.5) is 0 Å². The normalized spacial score (nSPS) is 10.6. The number of aliphatic hydroxyl groups excluding tert-OH is 1. The van der Waals surface area contributed by atoms with Crippen LogP contribution in [0.15, 0.2) is 23.8 Å². The van der Waals surface area contributed by atoms with Gasteiger partial charge in [-0.15, -0.1) is 0 Å². The predicted molar refractivity (Wildman–Crippen MR) is 50.1 cm³/mol. The van der Waals surface area contributed by atoms with Gasteiger partial charge in [-0.2, -0.15) is 0 Å². The number of carbonyl (C=O) groups is 2. The molecule has 0 fully saturated rings.